The van der Waals surface area contributed by atoms with Gasteiger partial charge in [0.15, 0.2) is 6.61 Å². The number of ether oxygens (including phenoxy) is 1. The summed E-state index contributed by atoms with van der Waals surface area (Å²) in [6.45, 7) is -0.159. The molecule has 29 heavy (non-hydrogen) atoms. The standard InChI is InChI=1S/C19H15BrF3N3O3/c1-11-2-4-15(16(6-11)29-9-19(21,22)23)25-17(27)8-26-10-24-14-5-3-12(20)7-13(14)18(26)28/h2-7,10H,8-9H2,1H3,(H,25,27). The molecule has 0 atom stereocenters. The Labute approximate surface area is 171 Å². The van der Waals surface area contributed by atoms with Crippen molar-refractivity contribution in [2.45, 2.75) is 19.6 Å². The maximum atomic E-state index is 12.6. The van der Waals surface area contributed by atoms with Gasteiger partial charge >= 0.3 is 6.18 Å². The minimum Gasteiger partial charge on any atom is -0.482 e. The third kappa shape index (κ3) is 5.35. The van der Waals surface area contributed by atoms with Crippen LogP contribution < -0.4 is 15.6 Å². The van der Waals surface area contributed by atoms with E-state index < -0.39 is 24.2 Å². The SMILES string of the molecule is Cc1ccc(NC(=O)Cn2cnc3ccc(Br)cc3c2=O)c(OCC(F)(F)F)c1. The van der Waals surface area contributed by atoms with Gasteiger partial charge < -0.3 is 10.1 Å². The highest BCUT2D eigenvalue weighted by atomic mass is 79.9. The van der Waals surface area contributed by atoms with Gasteiger partial charge in [-0.2, -0.15) is 13.2 Å². The number of nitrogens with one attached hydrogen (secondary N) is 1. The molecule has 3 aromatic rings. The summed E-state index contributed by atoms with van der Waals surface area (Å²) >= 11 is 3.28. The Hall–Kier alpha value is -2.88. The molecule has 0 saturated heterocycles. The number of alkyl halides is 3. The highest BCUT2D eigenvalue weighted by Gasteiger charge is 2.29. The van der Waals surface area contributed by atoms with Crippen molar-refractivity contribution in [1.29, 1.82) is 0 Å². The zero-order valence-electron chi connectivity index (χ0n) is 15.1. The fourth-order valence-electron chi connectivity index (χ4n) is 2.60. The van der Waals surface area contributed by atoms with Crippen LogP contribution in [0.5, 0.6) is 5.75 Å². The van der Waals surface area contributed by atoms with Crippen LogP contribution in [-0.2, 0) is 11.3 Å². The molecule has 0 radical (unpaired) electrons. The predicted molar refractivity (Wildman–Crippen MR) is 105 cm³/mol. The number of nitrogens with zero attached hydrogens (tertiary/aromatic N) is 2. The third-order valence-electron chi connectivity index (χ3n) is 3.90. The molecule has 0 aliphatic rings. The summed E-state index contributed by atoms with van der Waals surface area (Å²) in [6, 6.07) is 9.47. The Bertz CT molecular complexity index is 1130. The van der Waals surface area contributed by atoms with Crippen LogP contribution >= 0.6 is 15.9 Å². The van der Waals surface area contributed by atoms with E-state index >= 15 is 0 Å². The average Bonchev–Trinajstić information content (AvgIpc) is 2.64. The Kier molecular flexibility index (Phi) is 5.92. The molecule has 1 N–H and O–H groups in total. The Balaban J connectivity index is 1.80. The summed E-state index contributed by atoms with van der Waals surface area (Å²) in [4.78, 5) is 29.1. The molecule has 3 rings (SSSR count). The number of aryl methyl sites for hydroxylation is 1. The minimum absolute atomic E-state index is 0.0781. The van der Waals surface area contributed by atoms with Gasteiger partial charge in [-0.15, -0.1) is 0 Å². The van der Waals surface area contributed by atoms with Crippen LogP contribution in [0.1, 0.15) is 5.56 Å². The first-order valence-electron chi connectivity index (χ1n) is 8.37. The smallest absolute Gasteiger partial charge is 0.422 e. The fourth-order valence-corrected chi connectivity index (χ4v) is 2.96. The van der Waals surface area contributed by atoms with Crippen LogP contribution in [0.2, 0.25) is 0 Å². The molecule has 0 saturated carbocycles. The van der Waals surface area contributed by atoms with Crippen LogP contribution in [0.15, 0.2) is 52.0 Å². The van der Waals surface area contributed by atoms with E-state index in [1.165, 1.54) is 18.5 Å². The van der Waals surface area contributed by atoms with E-state index in [9.17, 15) is 22.8 Å². The molecule has 1 amide bonds. The number of hydrogen-bond donors (Lipinski definition) is 1. The number of amides is 1. The number of rotatable bonds is 5. The molecule has 152 valence electrons. The van der Waals surface area contributed by atoms with Crippen molar-refractivity contribution >= 4 is 38.4 Å². The van der Waals surface area contributed by atoms with Gasteiger partial charge in [0.1, 0.15) is 12.3 Å². The van der Waals surface area contributed by atoms with E-state index in [4.69, 9.17) is 4.74 Å². The molecular formula is C19H15BrF3N3O3. The zero-order chi connectivity index (χ0) is 21.2. The van der Waals surface area contributed by atoms with Crippen molar-refractivity contribution in [3.8, 4) is 5.75 Å². The molecule has 10 heteroatoms. The van der Waals surface area contributed by atoms with E-state index in [0.717, 1.165) is 4.57 Å². The lowest BCUT2D eigenvalue weighted by molar-refractivity contribution is -0.153. The Morgan fingerprint density at radius 1 is 1.24 bits per heavy atom. The molecular weight excluding hydrogens is 455 g/mol. The minimum atomic E-state index is -4.51. The van der Waals surface area contributed by atoms with Gasteiger partial charge in [0, 0.05) is 4.47 Å². The molecule has 0 unspecified atom stereocenters. The zero-order valence-corrected chi connectivity index (χ0v) is 16.7. The second-order valence-corrected chi connectivity index (χ2v) is 7.21. The number of aromatic nitrogens is 2. The lowest BCUT2D eigenvalue weighted by Gasteiger charge is -2.15. The quantitative estimate of drug-likeness (QED) is 0.611. The van der Waals surface area contributed by atoms with E-state index in [-0.39, 0.29) is 18.0 Å². The number of carbonyl (C=O) groups is 1. The van der Waals surface area contributed by atoms with Crippen LogP contribution in [-0.4, -0.2) is 28.2 Å². The molecule has 1 heterocycles. The summed E-state index contributed by atoms with van der Waals surface area (Å²) in [5.41, 5.74) is 0.815. The van der Waals surface area contributed by atoms with E-state index in [2.05, 4.69) is 26.2 Å². The highest BCUT2D eigenvalue weighted by Crippen LogP contribution is 2.28. The first kappa shape index (κ1) is 20.8. The summed E-state index contributed by atoms with van der Waals surface area (Å²) in [7, 11) is 0. The fraction of sp³-hybridized carbons (Fsp3) is 0.211. The van der Waals surface area contributed by atoms with Crippen molar-refractivity contribution in [3.63, 3.8) is 0 Å². The lowest BCUT2D eigenvalue weighted by Crippen LogP contribution is -2.28. The maximum absolute atomic E-state index is 12.6. The molecule has 1 aromatic heterocycles. The van der Waals surface area contributed by atoms with Gasteiger partial charge in [0.25, 0.3) is 5.56 Å². The summed E-state index contributed by atoms with van der Waals surface area (Å²) in [6.07, 6.45) is -3.27. The largest absolute Gasteiger partial charge is 0.482 e. The first-order chi connectivity index (χ1) is 13.6. The van der Waals surface area contributed by atoms with Crippen molar-refractivity contribution in [2.75, 3.05) is 11.9 Å². The maximum Gasteiger partial charge on any atom is 0.422 e. The number of anilines is 1. The molecule has 0 bridgehead atoms. The monoisotopic (exact) mass is 469 g/mol. The van der Waals surface area contributed by atoms with Gasteiger partial charge in [0.05, 0.1) is 22.9 Å². The van der Waals surface area contributed by atoms with Crippen molar-refractivity contribution < 1.29 is 22.7 Å². The van der Waals surface area contributed by atoms with E-state index in [1.807, 2.05) is 0 Å². The topological polar surface area (TPSA) is 73.2 Å². The van der Waals surface area contributed by atoms with Crippen LogP contribution in [0.3, 0.4) is 0 Å². The predicted octanol–water partition coefficient (Wildman–Crippen LogP) is 4.05. The summed E-state index contributed by atoms with van der Waals surface area (Å²) in [5.74, 6) is -0.715. The van der Waals surface area contributed by atoms with Gasteiger partial charge in [-0.3, -0.25) is 14.2 Å². The van der Waals surface area contributed by atoms with Gasteiger partial charge in [0.2, 0.25) is 5.91 Å². The molecule has 0 spiro atoms. The second-order valence-electron chi connectivity index (χ2n) is 6.29. The number of carbonyl (C=O) groups excluding carboxylic acids is 1. The van der Waals surface area contributed by atoms with Crippen LogP contribution in [0, 0.1) is 6.92 Å². The Morgan fingerprint density at radius 2 is 2.00 bits per heavy atom. The highest BCUT2D eigenvalue weighted by molar-refractivity contribution is 9.10. The number of fused-ring (bicyclic) bond motifs is 1. The average molecular weight is 470 g/mol. The van der Waals surface area contributed by atoms with Crippen molar-refractivity contribution in [1.82, 2.24) is 9.55 Å². The molecule has 0 fully saturated rings. The van der Waals surface area contributed by atoms with Crippen LogP contribution in [0.25, 0.3) is 10.9 Å². The third-order valence-corrected chi connectivity index (χ3v) is 4.40. The normalized spacial score (nSPS) is 11.5. The number of benzene rings is 2. The molecule has 0 aliphatic heterocycles. The van der Waals surface area contributed by atoms with Gasteiger partial charge in [-0.1, -0.05) is 22.0 Å². The number of hydrogen-bond acceptors (Lipinski definition) is 4. The van der Waals surface area contributed by atoms with E-state index in [1.54, 1.807) is 31.2 Å². The van der Waals surface area contributed by atoms with Crippen molar-refractivity contribution in [2.24, 2.45) is 0 Å². The summed E-state index contributed by atoms with van der Waals surface area (Å²) in [5, 5.41) is 2.81. The van der Waals surface area contributed by atoms with E-state index in [0.29, 0.717) is 20.9 Å². The van der Waals surface area contributed by atoms with Gasteiger partial charge in [-0.05, 0) is 42.8 Å². The summed E-state index contributed by atoms with van der Waals surface area (Å²) < 4.78 is 44.0. The van der Waals surface area contributed by atoms with Crippen molar-refractivity contribution in [3.05, 3.63) is 63.1 Å². The first-order valence-corrected chi connectivity index (χ1v) is 9.16. The molecule has 6 nitrogen and oxygen atoms in total. The van der Waals surface area contributed by atoms with Crippen LogP contribution in [0.4, 0.5) is 18.9 Å². The second kappa shape index (κ2) is 8.24. The Morgan fingerprint density at radius 3 is 2.72 bits per heavy atom. The number of halogens is 4. The lowest BCUT2D eigenvalue weighted by atomic mass is 10.2. The molecule has 2 aromatic carbocycles. The van der Waals surface area contributed by atoms with Gasteiger partial charge in [-0.25, -0.2) is 4.98 Å². The molecule has 0 aliphatic carbocycles.